The van der Waals surface area contributed by atoms with Gasteiger partial charge in [-0.1, -0.05) is 19.4 Å². The standard InChI is InChI=1S/C13H22ClNO2/c1-4-7-17-9-15(12(16)8-14)13-10(2)5-6-11(13)3/h10H,4-9H2,1-3H3. The first-order chi connectivity index (χ1) is 8.11. The lowest BCUT2D eigenvalue weighted by Gasteiger charge is -2.26. The molecule has 0 aromatic carbocycles. The first-order valence-corrected chi connectivity index (χ1v) is 6.79. The molecule has 1 unspecified atom stereocenters. The van der Waals surface area contributed by atoms with Gasteiger partial charge in [-0.3, -0.25) is 9.69 Å². The molecule has 1 amide bonds. The third kappa shape index (κ3) is 3.71. The highest BCUT2D eigenvalue weighted by molar-refractivity contribution is 6.27. The summed E-state index contributed by atoms with van der Waals surface area (Å²) in [4.78, 5) is 13.6. The van der Waals surface area contributed by atoms with Gasteiger partial charge in [0.25, 0.3) is 0 Å². The van der Waals surface area contributed by atoms with E-state index in [0.29, 0.717) is 19.3 Å². The SMILES string of the molecule is CCCOCN(C(=O)CCl)C1=C(C)CCC1C. The maximum absolute atomic E-state index is 11.9. The molecular weight excluding hydrogens is 238 g/mol. The molecule has 0 aliphatic heterocycles. The average Bonchev–Trinajstić information content (AvgIpc) is 2.65. The second kappa shape index (κ2) is 7.02. The molecule has 0 heterocycles. The number of rotatable bonds is 6. The minimum absolute atomic E-state index is 0.0129. The molecule has 0 aromatic heterocycles. The number of ether oxygens (including phenoxy) is 1. The van der Waals surface area contributed by atoms with Gasteiger partial charge < -0.3 is 4.74 Å². The lowest BCUT2D eigenvalue weighted by atomic mass is 10.1. The summed E-state index contributed by atoms with van der Waals surface area (Å²) >= 11 is 5.66. The van der Waals surface area contributed by atoms with E-state index in [9.17, 15) is 4.79 Å². The van der Waals surface area contributed by atoms with Crippen molar-refractivity contribution in [1.82, 2.24) is 4.90 Å². The lowest BCUT2D eigenvalue weighted by molar-refractivity contribution is -0.131. The summed E-state index contributed by atoms with van der Waals surface area (Å²) in [5.41, 5.74) is 2.41. The van der Waals surface area contributed by atoms with E-state index < -0.39 is 0 Å². The summed E-state index contributed by atoms with van der Waals surface area (Å²) in [5, 5.41) is 0. The van der Waals surface area contributed by atoms with E-state index >= 15 is 0 Å². The van der Waals surface area contributed by atoms with Crippen molar-refractivity contribution in [2.75, 3.05) is 19.2 Å². The monoisotopic (exact) mass is 259 g/mol. The van der Waals surface area contributed by atoms with E-state index in [1.165, 1.54) is 5.57 Å². The molecule has 1 atom stereocenters. The van der Waals surface area contributed by atoms with Gasteiger partial charge in [-0.2, -0.15) is 0 Å². The topological polar surface area (TPSA) is 29.5 Å². The van der Waals surface area contributed by atoms with Crippen LogP contribution in [0.15, 0.2) is 11.3 Å². The van der Waals surface area contributed by atoms with Gasteiger partial charge >= 0.3 is 0 Å². The Morgan fingerprint density at radius 1 is 1.59 bits per heavy atom. The highest BCUT2D eigenvalue weighted by Crippen LogP contribution is 2.33. The van der Waals surface area contributed by atoms with E-state index in [0.717, 1.165) is 25.0 Å². The quantitative estimate of drug-likeness (QED) is 0.417. The molecule has 1 aliphatic carbocycles. The second-order valence-corrected chi connectivity index (χ2v) is 4.87. The highest BCUT2D eigenvalue weighted by atomic mass is 35.5. The number of hydrogen-bond donors (Lipinski definition) is 0. The molecule has 0 bridgehead atoms. The van der Waals surface area contributed by atoms with Crippen molar-refractivity contribution in [3.05, 3.63) is 11.3 Å². The van der Waals surface area contributed by atoms with E-state index in [1.54, 1.807) is 4.90 Å². The Morgan fingerprint density at radius 3 is 2.76 bits per heavy atom. The zero-order valence-electron chi connectivity index (χ0n) is 11.0. The predicted octanol–water partition coefficient (Wildman–Crippen LogP) is 3.14. The first kappa shape index (κ1) is 14.5. The van der Waals surface area contributed by atoms with Gasteiger partial charge in [0, 0.05) is 12.3 Å². The predicted molar refractivity (Wildman–Crippen MR) is 69.8 cm³/mol. The van der Waals surface area contributed by atoms with Crippen LogP contribution in [0.4, 0.5) is 0 Å². The average molecular weight is 260 g/mol. The molecule has 1 rings (SSSR count). The Hall–Kier alpha value is -0.540. The fourth-order valence-electron chi connectivity index (χ4n) is 2.26. The van der Waals surface area contributed by atoms with Crippen LogP contribution in [0.3, 0.4) is 0 Å². The van der Waals surface area contributed by atoms with Crippen LogP contribution in [0.2, 0.25) is 0 Å². The molecule has 0 saturated carbocycles. The minimum atomic E-state index is -0.0640. The molecule has 17 heavy (non-hydrogen) atoms. The number of nitrogens with zero attached hydrogens (tertiary/aromatic N) is 1. The van der Waals surface area contributed by atoms with E-state index in [4.69, 9.17) is 16.3 Å². The zero-order valence-corrected chi connectivity index (χ0v) is 11.7. The molecule has 0 aromatic rings. The Bertz CT molecular complexity index is 302. The van der Waals surface area contributed by atoms with Gasteiger partial charge in [-0.15, -0.1) is 11.6 Å². The maximum atomic E-state index is 11.9. The van der Waals surface area contributed by atoms with Crippen molar-refractivity contribution in [1.29, 1.82) is 0 Å². The van der Waals surface area contributed by atoms with Crippen LogP contribution < -0.4 is 0 Å². The maximum Gasteiger partial charge on any atom is 0.243 e. The summed E-state index contributed by atoms with van der Waals surface area (Å²) in [5.74, 6) is 0.372. The van der Waals surface area contributed by atoms with E-state index in [2.05, 4.69) is 20.8 Å². The van der Waals surface area contributed by atoms with Crippen molar-refractivity contribution in [2.24, 2.45) is 5.92 Å². The van der Waals surface area contributed by atoms with Crippen molar-refractivity contribution in [3.8, 4) is 0 Å². The molecule has 0 N–H and O–H groups in total. The van der Waals surface area contributed by atoms with Crippen LogP contribution in [0.5, 0.6) is 0 Å². The fourth-order valence-corrected chi connectivity index (χ4v) is 2.41. The number of carbonyl (C=O) groups is 1. The van der Waals surface area contributed by atoms with E-state index in [-0.39, 0.29) is 11.8 Å². The van der Waals surface area contributed by atoms with Gasteiger partial charge in [0.1, 0.15) is 12.6 Å². The Morgan fingerprint density at radius 2 is 2.29 bits per heavy atom. The van der Waals surface area contributed by atoms with Crippen LogP contribution in [0.1, 0.15) is 40.0 Å². The summed E-state index contributed by atoms with van der Waals surface area (Å²) in [6.45, 7) is 7.30. The van der Waals surface area contributed by atoms with Gasteiger partial charge in [-0.25, -0.2) is 0 Å². The van der Waals surface area contributed by atoms with Crippen molar-refractivity contribution in [3.63, 3.8) is 0 Å². The smallest absolute Gasteiger partial charge is 0.243 e. The molecule has 98 valence electrons. The Kier molecular flexibility index (Phi) is 6.00. The third-order valence-electron chi connectivity index (χ3n) is 3.13. The summed E-state index contributed by atoms with van der Waals surface area (Å²) < 4.78 is 5.49. The lowest BCUT2D eigenvalue weighted by Crippen LogP contribution is -2.35. The van der Waals surface area contributed by atoms with Crippen LogP contribution in [-0.2, 0) is 9.53 Å². The Labute approximate surface area is 109 Å². The molecule has 4 heteroatoms. The summed E-state index contributed by atoms with van der Waals surface area (Å²) in [7, 11) is 0. The minimum Gasteiger partial charge on any atom is -0.361 e. The van der Waals surface area contributed by atoms with Gasteiger partial charge in [0.2, 0.25) is 5.91 Å². The van der Waals surface area contributed by atoms with Crippen LogP contribution in [0, 0.1) is 5.92 Å². The molecule has 0 fully saturated rings. The molecule has 3 nitrogen and oxygen atoms in total. The molecule has 0 spiro atoms. The number of allylic oxidation sites excluding steroid dienone is 2. The summed E-state index contributed by atoms with van der Waals surface area (Å²) in [6, 6.07) is 0. The van der Waals surface area contributed by atoms with Crippen molar-refractivity contribution < 1.29 is 9.53 Å². The van der Waals surface area contributed by atoms with Crippen LogP contribution in [0.25, 0.3) is 0 Å². The zero-order chi connectivity index (χ0) is 12.8. The molecule has 0 saturated heterocycles. The van der Waals surface area contributed by atoms with Crippen LogP contribution >= 0.6 is 11.6 Å². The summed E-state index contributed by atoms with van der Waals surface area (Å²) in [6.07, 6.45) is 3.13. The second-order valence-electron chi connectivity index (χ2n) is 4.60. The normalized spacial score (nSPS) is 19.9. The molecular formula is C13H22ClNO2. The van der Waals surface area contributed by atoms with E-state index in [1.807, 2.05) is 0 Å². The largest absolute Gasteiger partial charge is 0.361 e. The van der Waals surface area contributed by atoms with Crippen molar-refractivity contribution in [2.45, 2.75) is 40.0 Å². The highest BCUT2D eigenvalue weighted by Gasteiger charge is 2.27. The molecule has 0 radical (unpaired) electrons. The first-order valence-electron chi connectivity index (χ1n) is 6.25. The third-order valence-corrected chi connectivity index (χ3v) is 3.36. The number of carbonyl (C=O) groups excluding carboxylic acids is 1. The number of alkyl halides is 1. The van der Waals surface area contributed by atoms with Gasteiger partial charge in [-0.05, 0) is 32.1 Å². The Balaban J connectivity index is 2.75. The number of hydrogen-bond acceptors (Lipinski definition) is 2. The molecule has 1 aliphatic rings. The number of amides is 1. The van der Waals surface area contributed by atoms with Gasteiger partial charge in [0.05, 0.1) is 0 Å². The number of halogens is 1. The van der Waals surface area contributed by atoms with Crippen LogP contribution in [-0.4, -0.2) is 30.0 Å². The van der Waals surface area contributed by atoms with Gasteiger partial charge in [0.15, 0.2) is 0 Å². The van der Waals surface area contributed by atoms with Crippen molar-refractivity contribution >= 4 is 17.5 Å². The fraction of sp³-hybridized carbons (Fsp3) is 0.769.